The van der Waals surface area contributed by atoms with Crippen molar-refractivity contribution in [1.29, 1.82) is 0 Å². The first kappa shape index (κ1) is 17.2. The van der Waals surface area contributed by atoms with E-state index >= 15 is 0 Å². The van der Waals surface area contributed by atoms with Crippen LogP contribution in [-0.4, -0.2) is 43.5 Å². The number of pyridine rings is 1. The van der Waals surface area contributed by atoms with E-state index in [0.717, 1.165) is 24.9 Å². The van der Waals surface area contributed by atoms with Gasteiger partial charge in [-0.15, -0.1) is 0 Å². The minimum Gasteiger partial charge on any atom is -0.471 e. The zero-order valence-corrected chi connectivity index (χ0v) is 14.4. The monoisotopic (exact) mass is 360 g/mol. The number of anilines is 1. The number of hydrogen-bond donors (Lipinski definition) is 0. The molecule has 0 amide bonds. The maximum atomic E-state index is 11.6. The van der Waals surface area contributed by atoms with Crippen molar-refractivity contribution in [2.24, 2.45) is 0 Å². The van der Waals surface area contributed by atoms with Gasteiger partial charge in [0.1, 0.15) is 11.1 Å². The fourth-order valence-electron chi connectivity index (χ4n) is 2.84. The van der Waals surface area contributed by atoms with Gasteiger partial charge < -0.3 is 14.4 Å². The first-order chi connectivity index (χ1) is 12.1. The molecule has 3 rings (SSSR count). The van der Waals surface area contributed by atoms with Crippen LogP contribution in [-0.2, 0) is 4.74 Å². The number of carbonyl (C=O) groups is 2. The maximum absolute atomic E-state index is 11.6. The Kier molecular flexibility index (Phi) is 5.19. The average Bonchev–Trinajstić information content (AvgIpc) is 3.10. The zero-order valence-electron chi connectivity index (χ0n) is 13.6. The van der Waals surface area contributed by atoms with Gasteiger partial charge in [0, 0.05) is 30.4 Å². The van der Waals surface area contributed by atoms with E-state index in [9.17, 15) is 9.59 Å². The summed E-state index contributed by atoms with van der Waals surface area (Å²) in [5, 5.41) is 0.469. The molecule has 0 N–H and O–H groups in total. The Morgan fingerprint density at radius 3 is 2.96 bits per heavy atom. The van der Waals surface area contributed by atoms with Gasteiger partial charge in [-0.25, -0.2) is 9.78 Å². The minimum absolute atomic E-state index is 0.0767. The van der Waals surface area contributed by atoms with Crippen molar-refractivity contribution in [1.82, 2.24) is 4.98 Å². The molecular weight excluding hydrogens is 344 g/mol. The first-order valence-electron chi connectivity index (χ1n) is 7.82. The zero-order chi connectivity index (χ0) is 17.8. The van der Waals surface area contributed by atoms with Gasteiger partial charge in [-0.05, 0) is 30.3 Å². The summed E-state index contributed by atoms with van der Waals surface area (Å²) < 4.78 is 10.6. The maximum Gasteiger partial charge on any atom is 0.337 e. The van der Waals surface area contributed by atoms with Gasteiger partial charge in [-0.1, -0.05) is 11.6 Å². The second kappa shape index (κ2) is 7.53. The molecule has 0 spiro atoms. The molecule has 1 saturated heterocycles. The molecule has 7 heteroatoms. The van der Waals surface area contributed by atoms with Gasteiger partial charge in [0.05, 0.1) is 19.2 Å². The van der Waals surface area contributed by atoms with Crippen LogP contribution in [0, 0.1) is 0 Å². The standard InChI is InChI=1S/C18H17ClN2O4/c1-24-18(23)12-4-5-16(13(9-12)11-22)21-8-6-14(10-21)25-17-15(19)3-2-7-20-17/h2-5,7,9,11,14H,6,8,10H2,1H3/t14-/m0/s1. The molecule has 0 bridgehead atoms. The molecule has 1 atom stereocenters. The number of aldehydes is 1. The van der Waals surface area contributed by atoms with E-state index in [0.29, 0.717) is 28.6 Å². The van der Waals surface area contributed by atoms with E-state index in [1.54, 1.807) is 30.5 Å². The number of halogens is 1. The predicted octanol–water partition coefficient (Wildman–Crippen LogP) is 2.99. The third kappa shape index (κ3) is 3.74. The van der Waals surface area contributed by atoms with Gasteiger partial charge in [0.25, 0.3) is 0 Å². The van der Waals surface area contributed by atoms with Crippen molar-refractivity contribution in [2.75, 3.05) is 25.1 Å². The molecule has 2 aromatic rings. The van der Waals surface area contributed by atoms with Crippen LogP contribution in [0.2, 0.25) is 5.02 Å². The number of ether oxygens (including phenoxy) is 2. The highest BCUT2D eigenvalue weighted by Gasteiger charge is 2.27. The van der Waals surface area contributed by atoms with E-state index in [1.165, 1.54) is 13.2 Å². The third-order valence-corrected chi connectivity index (χ3v) is 4.35. The molecule has 0 aliphatic carbocycles. The highest BCUT2D eigenvalue weighted by Crippen LogP contribution is 2.28. The second-order valence-corrected chi connectivity index (χ2v) is 6.06. The van der Waals surface area contributed by atoms with Crippen LogP contribution in [0.4, 0.5) is 5.69 Å². The van der Waals surface area contributed by atoms with E-state index in [-0.39, 0.29) is 6.10 Å². The van der Waals surface area contributed by atoms with Gasteiger partial charge >= 0.3 is 5.97 Å². The summed E-state index contributed by atoms with van der Waals surface area (Å²) in [6.45, 7) is 1.33. The summed E-state index contributed by atoms with van der Waals surface area (Å²) in [6.07, 6.45) is 3.08. The van der Waals surface area contributed by atoms with Crippen LogP contribution in [0.25, 0.3) is 0 Å². The molecule has 1 aliphatic heterocycles. The Bertz CT molecular complexity index is 796. The number of nitrogens with zero attached hydrogens (tertiary/aromatic N) is 2. The summed E-state index contributed by atoms with van der Waals surface area (Å²) in [7, 11) is 1.31. The van der Waals surface area contributed by atoms with E-state index in [2.05, 4.69) is 9.72 Å². The van der Waals surface area contributed by atoms with Crippen molar-refractivity contribution in [2.45, 2.75) is 12.5 Å². The average molecular weight is 361 g/mol. The molecule has 1 aliphatic rings. The predicted molar refractivity (Wildman–Crippen MR) is 93.7 cm³/mol. The fourth-order valence-corrected chi connectivity index (χ4v) is 3.01. The fraction of sp³-hybridized carbons (Fsp3) is 0.278. The van der Waals surface area contributed by atoms with E-state index < -0.39 is 5.97 Å². The molecule has 130 valence electrons. The van der Waals surface area contributed by atoms with Crippen molar-refractivity contribution in [3.8, 4) is 5.88 Å². The van der Waals surface area contributed by atoms with Gasteiger partial charge in [0.2, 0.25) is 5.88 Å². The number of benzene rings is 1. The molecule has 0 unspecified atom stereocenters. The van der Waals surface area contributed by atoms with Crippen LogP contribution in [0.15, 0.2) is 36.5 Å². The van der Waals surface area contributed by atoms with Crippen molar-refractivity contribution < 1.29 is 19.1 Å². The number of methoxy groups -OCH3 is 1. The summed E-state index contributed by atoms with van der Waals surface area (Å²) in [6, 6.07) is 8.42. The second-order valence-electron chi connectivity index (χ2n) is 5.65. The summed E-state index contributed by atoms with van der Waals surface area (Å²) in [5.41, 5.74) is 1.56. The van der Waals surface area contributed by atoms with Crippen LogP contribution in [0.5, 0.6) is 5.88 Å². The van der Waals surface area contributed by atoms with Gasteiger partial charge in [-0.3, -0.25) is 4.79 Å². The van der Waals surface area contributed by atoms with Crippen LogP contribution < -0.4 is 9.64 Å². The summed E-state index contributed by atoms with van der Waals surface area (Å²) >= 11 is 6.07. The highest BCUT2D eigenvalue weighted by molar-refractivity contribution is 6.31. The Morgan fingerprint density at radius 2 is 2.24 bits per heavy atom. The quantitative estimate of drug-likeness (QED) is 0.603. The van der Waals surface area contributed by atoms with Crippen molar-refractivity contribution in [3.63, 3.8) is 0 Å². The molecule has 2 heterocycles. The molecule has 0 radical (unpaired) electrons. The molecule has 6 nitrogen and oxygen atoms in total. The number of hydrogen-bond acceptors (Lipinski definition) is 6. The molecular formula is C18H17ClN2O4. The third-order valence-electron chi connectivity index (χ3n) is 4.06. The Labute approximate surface area is 150 Å². The van der Waals surface area contributed by atoms with Crippen molar-refractivity contribution >= 4 is 29.5 Å². The largest absolute Gasteiger partial charge is 0.471 e. The summed E-state index contributed by atoms with van der Waals surface area (Å²) in [4.78, 5) is 29.2. The molecule has 25 heavy (non-hydrogen) atoms. The van der Waals surface area contributed by atoms with Gasteiger partial charge in [-0.2, -0.15) is 0 Å². The topological polar surface area (TPSA) is 68.7 Å². The van der Waals surface area contributed by atoms with E-state index in [4.69, 9.17) is 16.3 Å². The Balaban J connectivity index is 1.74. The number of aromatic nitrogens is 1. The van der Waals surface area contributed by atoms with Crippen molar-refractivity contribution in [3.05, 3.63) is 52.7 Å². The first-order valence-corrected chi connectivity index (χ1v) is 8.20. The van der Waals surface area contributed by atoms with Gasteiger partial charge in [0.15, 0.2) is 6.29 Å². The number of esters is 1. The van der Waals surface area contributed by atoms with E-state index in [1.807, 2.05) is 4.90 Å². The van der Waals surface area contributed by atoms with Crippen LogP contribution in [0.1, 0.15) is 27.1 Å². The molecule has 1 aromatic carbocycles. The van der Waals surface area contributed by atoms with Crippen LogP contribution >= 0.6 is 11.6 Å². The summed E-state index contributed by atoms with van der Waals surface area (Å²) in [5.74, 6) is -0.0604. The lowest BCUT2D eigenvalue weighted by atomic mass is 10.1. The molecule has 1 aromatic heterocycles. The lowest BCUT2D eigenvalue weighted by molar-refractivity contribution is 0.0600. The molecule has 1 fully saturated rings. The Hall–Kier alpha value is -2.60. The number of rotatable bonds is 5. The lowest BCUT2D eigenvalue weighted by Gasteiger charge is -2.21. The highest BCUT2D eigenvalue weighted by atomic mass is 35.5. The number of carbonyl (C=O) groups excluding carboxylic acids is 2. The van der Waals surface area contributed by atoms with Crippen LogP contribution in [0.3, 0.4) is 0 Å². The smallest absolute Gasteiger partial charge is 0.337 e. The minimum atomic E-state index is -0.470. The Morgan fingerprint density at radius 1 is 1.40 bits per heavy atom. The lowest BCUT2D eigenvalue weighted by Crippen LogP contribution is -2.25. The normalized spacial score (nSPS) is 16.6. The SMILES string of the molecule is COC(=O)c1ccc(N2CC[C@H](Oc3ncccc3Cl)C2)c(C=O)c1. The molecule has 0 saturated carbocycles.